The summed E-state index contributed by atoms with van der Waals surface area (Å²) < 4.78 is 11.5. The average Bonchev–Trinajstić information content (AvgIpc) is 3.24. The maximum absolute atomic E-state index is 12.7. The van der Waals surface area contributed by atoms with Crippen LogP contribution in [-0.2, 0) is 11.4 Å². The molecule has 0 saturated carbocycles. The van der Waals surface area contributed by atoms with Gasteiger partial charge in [0.1, 0.15) is 29.7 Å². The van der Waals surface area contributed by atoms with E-state index in [1.165, 1.54) is 18.4 Å². The minimum Gasteiger partial charge on any atom is -0.488 e. The molecule has 3 rings (SSSR count). The zero-order valence-corrected chi connectivity index (χ0v) is 16.6. The number of amides is 2. The number of rotatable bonds is 7. The number of fused-ring (bicyclic) bond motifs is 1. The summed E-state index contributed by atoms with van der Waals surface area (Å²) in [5.41, 5.74) is 3.53. The van der Waals surface area contributed by atoms with Gasteiger partial charge in [0.2, 0.25) is 5.91 Å². The third kappa shape index (κ3) is 4.00. The molecule has 0 radical (unpaired) electrons. The van der Waals surface area contributed by atoms with Crippen molar-refractivity contribution in [2.24, 2.45) is 0 Å². The van der Waals surface area contributed by atoms with Gasteiger partial charge < -0.3 is 24.9 Å². The van der Waals surface area contributed by atoms with Gasteiger partial charge in [-0.25, -0.2) is 4.98 Å². The second-order valence-corrected chi connectivity index (χ2v) is 7.10. The van der Waals surface area contributed by atoms with Crippen LogP contribution in [0.15, 0.2) is 28.1 Å². The molecule has 2 heterocycles. The van der Waals surface area contributed by atoms with E-state index in [0.717, 1.165) is 10.6 Å². The van der Waals surface area contributed by atoms with Crippen LogP contribution >= 0.6 is 11.3 Å². The molecule has 3 N–H and O–H groups in total. The molecule has 8 nitrogen and oxygen atoms in total. The van der Waals surface area contributed by atoms with Crippen LogP contribution in [0.5, 0.6) is 5.75 Å². The van der Waals surface area contributed by atoms with Crippen LogP contribution in [0, 0.1) is 13.8 Å². The van der Waals surface area contributed by atoms with E-state index in [1.54, 1.807) is 30.6 Å². The van der Waals surface area contributed by atoms with Crippen molar-refractivity contribution in [2.45, 2.75) is 26.5 Å². The number of aliphatic hydroxyl groups is 1. The Kier molecular flexibility index (Phi) is 5.96. The summed E-state index contributed by atoms with van der Waals surface area (Å²) in [6, 6.07) is 4.18. The van der Waals surface area contributed by atoms with Crippen molar-refractivity contribution in [1.29, 1.82) is 0 Å². The number of ether oxygens (including phenoxy) is 1. The van der Waals surface area contributed by atoms with E-state index < -0.39 is 24.5 Å². The van der Waals surface area contributed by atoms with E-state index in [1.807, 2.05) is 6.92 Å². The lowest BCUT2D eigenvalue weighted by Gasteiger charge is -2.14. The first kappa shape index (κ1) is 19.8. The molecule has 0 saturated heterocycles. The Morgan fingerprint density at radius 3 is 2.79 bits per heavy atom. The lowest BCUT2D eigenvalue weighted by Crippen LogP contribution is -2.48. The van der Waals surface area contributed by atoms with Crippen LogP contribution in [0.25, 0.3) is 11.0 Å². The van der Waals surface area contributed by atoms with Crippen LogP contribution in [0.3, 0.4) is 0 Å². The van der Waals surface area contributed by atoms with Gasteiger partial charge in [0, 0.05) is 12.4 Å². The van der Waals surface area contributed by atoms with Gasteiger partial charge in [-0.2, -0.15) is 0 Å². The lowest BCUT2D eigenvalue weighted by molar-refractivity contribution is -0.123. The van der Waals surface area contributed by atoms with Crippen molar-refractivity contribution in [3.63, 3.8) is 0 Å². The summed E-state index contributed by atoms with van der Waals surface area (Å²) in [4.78, 5) is 29.7. The predicted molar refractivity (Wildman–Crippen MR) is 105 cm³/mol. The number of carbonyl (C=O) groups is 2. The van der Waals surface area contributed by atoms with Crippen molar-refractivity contribution in [1.82, 2.24) is 15.6 Å². The molecule has 2 amide bonds. The minimum atomic E-state index is -1.05. The SMILES string of the molecule is CNC(=O)[C@H](CO)NC(=O)c1c(C)oc2ccc(OCc3scnc3C)cc12. The Hall–Kier alpha value is -2.91. The van der Waals surface area contributed by atoms with Gasteiger partial charge in [-0.05, 0) is 32.0 Å². The average molecular weight is 403 g/mol. The van der Waals surface area contributed by atoms with Crippen molar-refractivity contribution in [3.8, 4) is 5.75 Å². The Morgan fingerprint density at radius 2 is 2.14 bits per heavy atom. The van der Waals surface area contributed by atoms with Crippen LogP contribution in [0.4, 0.5) is 0 Å². The molecule has 0 spiro atoms. The van der Waals surface area contributed by atoms with E-state index >= 15 is 0 Å². The second kappa shape index (κ2) is 8.41. The maximum Gasteiger partial charge on any atom is 0.256 e. The second-order valence-electron chi connectivity index (χ2n) is 6.16. The van der Waals surface area contributed by atoms with Gasteiger partial charge in [-0.3, -0.25) is 9.59 Å². The molecule has 1 atom stereocenters. The fourth-order valence-electron chi connectivity index (χ4n) is 2.78. The number of aryl methyl sites for hydroxylation is 2. The largest absolute Gasteiger partial charge is 0.488 e. The van der Waals surface area contributed by atoms with E-state index in [2.05, 4.69) is 15.6 Å². The van der Waals surface area contributed by atoms with Gasteiger partial charge in [-0.15, -0.1) is 11.3 Å². The Morgan fingerprint density at radius 1 is 1.36 bits per heavy atom. The Bertz CT molecular complexity index is 1010. The number of thiazole rings is 1. The van der Waals surface area contributed by atoms with Crippen LogP contribution < -0.4 is 15.4 Å². The zero-order valence-electron chi connectivity index (χ0n) is 15.7. The summed E-state index contributed by atoms with van der Waals surface area (Å²) in [7, 11) is 1.43. The standard InChI is InChI=1S/C19H21N3O5S/c1-10-16(28-9-21-10)8-26-12-4-5-15-13(6-12)17(11(2)27-15)19(25)22-14(7-23)18(24)20-3/h4-6,9,14,23H,7-8H2,1-3H3,(H,20,24)(H,22,25)/t14-/m0/s1. The number of likely N-dealkylation sites (N-methyl/N-ethyl adjacent to an activating group) is 1. The summed E-state index contributed by atoms with van der Waals surface area (Å²) >= 11 is 1.52. The Labute approximate surface area is 165 Å². The molecule has 0 unspecified atom stereocenters. The highest BCUT2D eigenvalue weighted by Crippen LogP contribution is 2.30. The molecule has 9 heteroatoms. The number of carbonyl (C=O) groups excluding carboxylic acids is 2. The van der Waals surface area contributed by atoms with Gasteiger partial charge in [0.15, 0.2) is 0 Å². The predicted octanol–water partition coefficient (Wildman–Crippen LogP) is 1.92. The molecule has 2 aromatic heterocycles. The molecule has 0 fully saturated rings. The van der Waals surface area contributed by atoms with Crippen molar-refractivity contribution in [3.05, 3.63) is 45.6 Å². The van der Waals surface area contributed by atoms with Gasteiger partial charge >= 0.3 is 0 Å². The molecule has 3 aromatic rings. The number of aliphatic hydroxyl groups excluding tert-OH is 1. The number of furan rings is 1. The molecule has 0 aliphatic carbocycles. The third-order valence-electron chi connectivity index (χ3n) is 4.33. The number of aromatic nitrogens is 1. The summed E-state index contributed by atoms with van der Waals surface area (Å²) in [6.45, 7) is 3.46. The lowest BCUT2D eigenvalue weighted by atomic mass is 10.1. The fourth-order valence-corrected chi connectivity index (χ4v) is 3.47. The monoisotopic (exact) mass is 403 g/mol. The molecule has 28 heavy (non-hydrogen) atoms. The van der Waals surface area contributed by atoms with E-state index in [4.69, 9.17) is 9.15 Å². The molecule has 1 aromatic carbocycles. The quantitative estimate of drug-likeness (QED) is 0.555. The van der Waals surface area contributed by atoms with Crippen molar-refractivity contribution in [2.75, 3.05) is 13.7 Å². The summed E-state index contributed by atoms with van der Waals surface area (Å²) in [6.07, 6.45) is 0. The van der Waals surface area contributed by atoms with Crippen molar-refractivity contribution < 1.29 is 23.8 Å². The van der Waals surface area contributed by atoms with Gasteiger partial charge in [0.25, 0.3) is 5.91 Å². The molecule has 0 aliphatic heterocycles. The number of benzene rings is 1. The normalized spacial score (nSPS) is 12.0. The first-order chi connectivity index (χ1) is 13.4. The molecular weight excluding hydrogens is 382 g/mol. The number of nitrogens with one attached hydrogen (secondary N) is 2. The fraction of sp³-hybridized carbons (Fsp3) is 0.316. The zero-order chi connectivity index (χ0) is 20.3. The van der Waals surface area contributed by atoms with E-state index in [-0.39, 0.29) is 0 Å². The number of hydrogen-bond donors (Lipinski definition) is 3. The number of hydrogen-bond acceptors (Lipinski definition) is 7. The third-order valence-corrected chi connectivity index (χ3v) is 5.24. The molecule has 0 bridgehead atoms. The van der Waals surface area contributed by atoms with E-state index in [0.29, 0.717) is 34.6 Å². The van der Waals surface area contributed by atoms with Crippen LogP contribution in [0.2, 0.25) is 0 Å². The van der Waals surface area contributed by atoms with Gasteiger partial charge in [-0.1, -0.05) is 0 Å². The minimum absolute atomic E-state index is 0.303. The Balaban J connectivity index is 1.85. The number of nitrogens with zero attached hydrogens (tertiary/aromatic N) is 1. The first-order valence-electron chi connectivity index (χ1n) is 8.62. The van der Waals surface area contributed by atoms with Crippen molar-refractivity contribution >= 4 is 34.1 Å². The smallest absolute Gasteiger partial charge is 0.256 e. The molecule has 0 aliphatic rings. The first-order valence-corrected chi connectivity index (χ1v) is 9.50. The van der Waals surface area contributed by atoms with Gasteiger partial charge in [0.05, 0.1) is 28.3 Å². The van der Waals surface area contributed by atoms with E-state index in [9.17, 15) is 14.7 Å². The maximum atomic E-state index is 12.7. The summed E-state index contributed by atoms with van der Waals surface area (Å²) in [5.74, 6) is 0.0105. The summed E-state index contributed by atoms with van der Waals surface area (Å²) in [5, 5.41) is 14.9. The molecular formula is C19H21N3O5S. The molecule has 148 valence electrons. The topological polar surface area (TPSA) is 114 Å². The highest BCUT2D eigenvalue weighted by molar-refractivity contribution is 7.09. The highest BCUT2D eigenvalue weighted by Gasteiger charge is 2.24. The van der Waals surface area contributed by atoms with Crippen LogP contribution in [0.1, 0.15) is 26.7 Å². The van der Waals surface area contributed by atoms with Crippen LogP contribution in [-0.4, -0.2) is 41.6 Å². The highest BCUT2D eigenvalue weighted by atomic mass is 32.1.